The average molecular weight is 370 g/mol. The van der Waals surface area contributed by atoms with Crippen molar-refractivity contribution >= 4 is 5.97 Å². The lowest BCUT2D eigenvalue weighted by molar-refractivity contribution is -0.165. The van der Waals surface area contributed by atoms with E-state index in [0.717, 1.165) is 0 Å². The Kier molecular flexibility index (Phi) is 4.95. The van der Waals surface area contributed by atoms with Crippen LogP contribution in [0.2, 0.25) is 0 Å². The van der Waals surface area contributed by atoms with Gasteiger partial charge in [-0.25, -0.2) is 9.89 Å². The van der Waals surface area contributed by atoms with Crippen LogP contribution in [0.15, 0.2) is 4.79 Å². The van der Waals surface area contributed by atoms with Gasteiger partial charge in [-0.05, 0) is 20.8 Å². The van der Waals surface area contributed by atoms with Gasteiger partial charge in [-0.1, -0.05) is 0 Å². The summed E-state index contributed by atoms with van der Waals surface area (Å²) in [5.74, 6) is -0.0187. The zero-order chi connectivity index (χ0) is 19.1. The van der Waals surface area contributed by atoms with E-state index in [4.69, 9.17) is 9.47 Å². The van der Waals surface area contributed by atoms with Crippen LogP contribution in [0.5, 0.6) is 0 Å². The lowest BCUT2D eigenvalue weighted by Crippen LogP contribution is -2.57. The number of β-amino-alcohol motifs (C(OH)–C–C–N with tert-alkyl or cyclic N) is 1. The van der Waals surface area contributed by atoms with E-state index >= 15 is 0 Å². The highest BCUT2D eigenvalue weighted by atomic mass is 16.6. The first-order valence-corrected chi connectivity index (χ1v) is 8.68. The molecular weight excluding hydrogens is 344 g/mol. The summed E-state index contributed by atoms with van der Waals surface area (Å²) in [7, 11) is 0. The number of nitrogens with one attached hydrogen (secondary N) is 1. The zero-order valence-corrected chi connectivity index (χ0v) is 15.3. The third kappa shape index (κ3) is 3.83. The highest BCUT2D eigenvalue weighted by Crippen LogP contribution is 2.26. The Morgan fingerprint density at radius 1 is 1.54 bits per heavy atom. The summed E-state index contributed by atoms with van der Waals surface area (Å²) < 4.78 is 12.1. The van der Waals surface area contributed by atoms with E-state index in [2.05, 4.69) is 10.2 Å². The van der Waals surface area contributed by atoms with Gasteiger partial charge in [-0.2, -0.15) is 5.10 Å². The van der Waals surface area contributed by atoms with Gasteiger partial charge >= 0.3 is 11.7 Å². The Labute approximate surface area is 150 Å². The summed E-state index contributed by atoms with van der Waals surface area (Å²) in [6.45, 7) is 6.00. The molecule has 1 saturated heterocycles. The SMILES string of the molecule is CC(C)(C)OC(=O)C1Cn2c(n[nH]c2=O)CN1CC(O)C1(O)CCOC1. The van der Waals surface area contributed by atoms with Gasteiger partial charge in [0.25, 0.3) is 0 Å². The topological polar surface area (TPSA) is 130 Å². The molecule has 1 fully saturated rings. The molecule has 1 aromatic rings. The number of rotatable bonds is 4. The number of aromatic amines is 1. The highest BCUT2D eigenvalue weighted by Gasteiger charge is 2.44. The van der Waals surface area contributed by atoms with Gasteiger partial charge < -0.3 is 19.7 Å². The molecule has 1 aromatic heterocycles. The maximum absolute atomic E-state index is 12.7. The molecule has 0 saturated carbocycles. The summed E-state index contributed by atoms with van der Waals surface area (Å²) in [5.41, 5.74) is -2.42. The lowest BCUT2D eigenvalue weighted by atomic mass is 9.95. The van der Waals surface area contributed by atoms with Crippen molar-refractivity contribution in [1.29, 1.82) is 0 Å². The second kappa shape index (κ2) is 6.76. The molecular formula is C16H26N4O6. The Bertz CT molecular complexity index is 715. The number of hydrogen-bond donors (Lipinski definition) is 3. The van der Waals surface area contributed by atoms with E-state index in [1.165, 1.54) is 4.57 Å². The number of hydrogen-bond acceptors (Lipinski definition) is 8. The zero-order valence-electron chi connectivity index (χ0n) is 15.3. The standard InChI is InChI=1S/C16H26N4O6/c1-15(2,3)26-13(22)10-6-20-12(17-18-14(20)23)8-19(10)7-11(21)16(24)4-5-25-9-16/h10-11,21,24H,4-9H2,1-3H3,(H,18,23). The van der Waals surface area contributed by atoms with Gasteiger partial charge in [0, 0.05) is 19.6 Å². The van der Waals surface area contributed by atoms with E-state index in [-0.39, 0.29) is 26.2 Å². The van der Waals surface area contributed by atoms with Crippen LogP contribution in [0, 0.1) is 0 Å². The largest absolute Gasteiger partial charge is 0.459 e. The lowest BCUT2D eigenvalue weighted by Gasteiger charge is -2.38. The van der Waals surface area contributed by atoms with Crippen LogP contribution in [0.4, 0.5) is 0 Å². The normalized spacial score (nSPS) is 28.0. The first-order valence-electron chi connectivity index (χ1n) is 8.68. The second-order valence-corrected chi connectivity index (χ2v) is 7.96. The fourth-order valence-corrected chi connectivity index (χ4v) is 3.25. The maximum Gasteiger partial charge on any atom is 0.343 e. The summed E-state index contributed by atoms with van der Waals surface area (Å²) >= 11 is 0. The molecule has 146 valence electrons. The fraction of sp³-hybridized carbons (Fsp3) is 0.812. The third-order valence-corrected chi connectivity index (χ3v) is 4.72. The fourth-order valence-electron chi connectivity index (χ4n) is 3.25. The molecule has 3 N–H and O–H groups in total. The minimum Gasteiger partial charge on any atom is -0.459 e. The van der Waals surface area contributed by atoms with Crippen molar-refractivity contribution < 1.29 is 24.5 Å². The van der Waals surface area contributed by atoms with E-state index in [9.17, 15) is 19.8 Å². The van der Waals surface area contributed by atoms with Crippen LogP contribution in [-0.4, -0.2) is 79.0 Å². The molecule has 0 radical (unpaired) electrons. The number of carbonyl (C=O) groups excluding carboxylic acids is 1. The summed E-state index contributed by atoms with van der Waals surface area (Å²) in [6.07, 6.45) is -0.779. The molecule has 10 nitrogen and oxygen atoms in total. The molecule has 3 rings (SSSR count). The Morgan fingerprint density at radius 2 is 2.27 bits per heavy atom. The molecule has 26 heavy (non-hydrogen) atoms. The molecule has 0 amide bonds. The minimum atomic E-state index is -1.35. The quantitative estimate of drug-likeness (QED) is 0.552. The highest BCUT2D eigenvalue weighted by molar-refractivity contribution is 5.76. The number of aromatic nitrogens is 3. The number of carbonyl (C=O) groups is 1. The van der Waals surface area contributed by atoms with Gasteiger partial charge in [-0.15, -0.1) is 0 Å². The van der Waals surface area contributed by atoms with E-state index in [0.29, 0.717) is 18.9 Å². The van der Waals surface area contributed by atoms with Crippen LogP contribution in [0.3, 0.4) is 0 Å². The van der Waals surface area contributed by atoms with Gasteiger partial charge in [0.1, 0.15) is 23.1 Å². The van der Waals surface area contributed by atoms with E-state index in [1.807, 2.05) is 0 Å². The van der Waals surface area contributed by atoms with Crippen molar-refractivity contribution in [2.75, 3.05) is 19.8 Å². The second-order valence-electron chi connectivity index (χ2n) is 7.96. The molecule has 0 aliphatic carbocycles. The molecule has 2 aliphatic rings. The average Bonchev–Trinajstić information content (AvgIpc) is 3.12. The van der Waals surface area contributed by atoms with Crippen molar-refractivity contribution in [3.63, 3.8) is 0 Å². The van der Waals surface area contributed by atoms with Crippen LogP contribution >= 0.6 is 0 Å². The molecule has 2 aliphatic heterocycles. The molecule has 3 unspecified atom stereocenters. The molecule has 0 spiro atoms. The van der Waals surface area contributed by atoms with Crippen molar-refractivity contribution in [2.24, 2.45) is 0 Å². The van der Waals surface area contributed by atoms with Crippen LogP contribution < -0.4 is 5.69 Å². The maximum atomic E-state index is 12.7. The van der Waals surface area contributed by atoms with Crippen molar-refractivity contribution in [3.05, 3.63) is 16.3 Å². The summed E-state index contributed by atoms with van der Waals surface area (Å²) in [4.78, 5) is 26.2. The Balaban J connectivity index is 1.82. The third-order valence-electron chi connectivity index (χ3n) is 4.72. The predicted molar refractivity (Wildman–Crippen MR) is 89.3 cm³/mol. The molecule has 3 atom stereocenters. The summed E-state index contributed by atoms with van der Waals surface area (Å²) in [5, 5.41) is 27.4. The molecule has 10 heteroatoms. The monoisotopic (exact) mass is 370 g/mol. The molecule has 3 heterocycles. The Hall–Kier alpha value is -1.75. The molecule has 0 aromatic carbocycles. The molecule has 0 bridgehead atoms. The van der Waals surface area contributed by atoms with E-state index < -0.39 is 35.0 Å². The number of nitrogens with zero attached hydrogens (tertiary/aromatic N) is 3. The summed E-state index contributed by atoms with van der Waals surface area (Å²) in [6, 6.07) is -0.766. The van der Waals surface area contributed by atoms with E-state index in [1.54, 1.807) is 25.7 Å². The van der Waals surface area contributed by atoms with Crippen LogP contribution in [0.25, 0.3) is 0 Å². The van der Waals surface area contributed by atoms with Crippen LogP contribution in [-0.2, 0) is 27.4 Å². The van der Waals surface area contributed by atoms with Crippen molar-refractivity contribution in [3.8, 4) is 0 Å². The van der Waals surface area contributed by atoms with Gasteiger partial charge in [0.05, 0.1) is 25.8 Å². The number of aliphatic hydroxyl groups is 2. The first kappa shape index (κ1) is 19.0. The van der Waals surface area contributed by atoms with Crippen molar-refractivity contribution in [2.45, 2.75) is 63.6 Å². The first-order chi connectivity index (χ1) is 12.1. The van der Waals surface area contributed by atoms with Crippen molar-refractivity contribution in [1.82, 2.24) is 19.7 Å². The number of ether oxygens (including phenoxy) is 2. The van der Waals surface area contributed by atoms with Gasteiger partial charge in [-0.3, -0.25) is 14.3 Å². The van der Waals surface area contributed by atoms with Crippen LogP contribution in [0.1, 0.15) is 33.0 Å². The number of fused-ring (bicyclic) bond motifs is 1. The minimum absolute atomic E-state index is 0.0326. The number of esters is 1. The van der Waals surface area contributed by atoms with Gasteiger partial charge in [0.2, 0.25) is 0 Å². The van der Waals surface area contributed by atoms with Gasteiger partial charge in [0.15, 0.2) is 0 Å². The number of H-pyrrole nitrogens is 1. The predicted octanol–water partition coefficient (Wildman–Crippen LogP) is -1.39. The smallest absolute Gasteiger partial charge is 0.343 e. The number of aliphatic hydroxyl groups excluding tert-OH is 1. The Morgan fingerprint density at radius 3 is 2.88 bits per heavy atom.